The third-order valence-electron chi connectivity index (χ3n) is 7.84. The van der Waals surface area contributed by atoms with Crippen LogP contribution in [0.1, 0.15) is 64.6 Å². The van der Waals surface area contributed by atoms with Crippen LogP contribution in [0.2, 0.25) is 0 Å². The first-order chi connectivity index (χ1) is 19.1. The molecule has 3 aromatic heterocycles. The number of nitrogens with one attached hydrogen (secondary N) is 1. The molecule has 1 saturated heterocycles. The van der Waals surface area contributed by atoms with Crippen molar-refractivity contribution in [2.45, 2.75) is 52.0 Å². The van der Waals surface area contributed by atoms with Crippen LogP contribution in [0.25, 0.3) is 0 Å². The highest BCUT2D eigenvalue weighted by atomic mass is 32.3. The minimum atomic E-state index is -0.680. The fraction of sp³-hybridized carbons (Fsp3) is 0.586. The monoisotopic (exact) mass is 569 g/mol. The zero-order chi connectivity index (χ0) is 28.4. The van der Waals surface area contributed by atoms with E-state index in [-0.39, 0.29) is 25.3 Å². The van der Waals surface area contributed by atoms with E-state index in [0.717, 1.165) is 60.9 Å². The van der Waals surface area contributed by atoms with E-state index < -0.39 is 10.0 Å². The lowest BCUT2D eigenvalue weighted by Crippen LogP contribution is -2.30. The molecule has 2 aliphatic rings. The number of ether oxygens (including phenoxy) is 1. The molecule has 4 heterocycles. The van der Waals surface area contributed by atoms with Crippen LogP contribution in [0.15, 0.2) is 24.5 Å². The van der Waals surface area contributed by atoms with Crippen LogP contribution >= 0.6 is 10.0 Å². The number of rotatable bonds is 11. The molecule has 40 heavy (non-hydrogen) atoms. The van der Waals surface area contributed by atoms with Gasteiger partial charge in [0.15, 0.2) is 0 Å². The Morgan fingerprint density at radius 1 is 1.25 bits per heavy atom. The number of amides is 1. The molecule has 5 rings (SSSR count). The van der Waals surface area contributed by atoms with E-state index in [9.17, 15) is 9.90 Å². The van der Waals surface area contributed by atoms with E-state index in [2.05, 4.69) is 40.9 Å². The van der Waals surface area contributed by atoms with E-state index in [1.807, 2.05) is 29.8 Å². The summed E-state index contributed by atoms with van der Waals surface area (Å²) in [6, 6.07) is 5.77. The molecule has 1 unspecified atom stereocenters. The van der Waals surface area contributed by atoms with E-state index in [1.165, 1.54) is 5.69 Å². The highest BCUT2D eigenvalue weighted by Gasteiger charge is 2.29. The normalized spacial score (nSPS) is 19.3. The Morgan fingerprint density at radius 3 is 2.80 bits per heavy atom. The van der Waals surface area contributed by atoms with Gasteiger partial charge >= 0.3 is 0 Å². The lowest BCUT2D eigenvalue weighted by Gasteiger charge is -2.24. The minimum Gasteiger partial charge on any atom is -0.390 e. The third kappa shape index (κ3) is 6.53. The number of hydrogen-bond donors (Lipinski definition) is 2. The lowest BCUT2D eigenvalue weighted by molar-refractivity contribution is 0.0730. The van der Waals surface area contributed by atoms with Gasteiger partial charge in [-0.3, -0.25) is 4.79 Å². The molecule has 1 fully saturated rings. The number of aromatic nitrogens is 5. The molecular formula is C29H43N7O3S. The fourth-order valence-corrected chi connectivity index (χ4v) is 6.11. The van der Waals surface area contributed by atoms with Gasteiger partial charge in [-0.2, -0.15) is 5.10 Å². The van der Waals surface area contributed by atoms with Gasteiger partial charge in [0, 0.05) is 38.0 Å². The molecule has 2 N–H and O–H groups in total. The number of pyridine rings is 1. The molecule has 1 amide bonds. The second-order valence-corrected chi connectivity index (χ2v) is 16.6. The summed E-state index contributed by atoms with van der Waals surface area (Å²) < 4.78 is 9.65. The van der Waals surface area contributed by atoms with Gasteiger partial charge in [-0.15, -0.1) is 0 Å². The molecule has 218 valence electrons. The SMILES string of the molecule is CC1CCN(c2ccc(Cc3cc(C(=O)N[C@@H]4CCc5c4ncn5C)n(COCCS(C)(C)C)n3)c(CO)n2)C1. The Hall–Kier alpha value is -2.89. The average Bonchev–Trinajstić information content (AvgIpc) is 3.69. The molecule has 0 spiro atoms. The van der Waals surface area contributed by atoms with Gasteiger partial charge in [0.25, 0.3) is 5.91 Å². The Bertz CT molecular complexity index is 1350. The van der Waals surface area contributed by atoms with Crippen molar-refractivity contribution in [1.29, 1.82) is 0 Å². The topological polar surface area (TPSA) is 110 Å². The number of imidazole rings is 1. The summed E-state index contributed by atoms with van der Waals surface area (Å²) in [4.78, 5) is 25.1. The van der Waals surface area contributed by atoms with E-state index in [0.29, 0.717) is 30.3 Å². The summed E-state index contributed by atoms with van der Waals surface area (Å²) >= 11 is 0. The van der Waals surface area contributed by atoms with Gasteiger partial charge in [-0.05, 0) is 61.6 Å². The Labute approximate surface area is 238 Å². The number of aliphatic hydroxyl groups is 1. The molecule has 11 heteroatoms. The molecule has 10 nitrogen and oxygen atoms in total. The number of hydrogen-bond acceptors (Lipinski definition) is 7. The van der Waals surface area contributed by atoms with Crippen molar-refractivity contribution in [3.8, 4) is 0 Å². The molecule has 1 aliphatic heterocycles. The summed E-state index contributed by atoms with van der Waals surface area (Å²) in [6.07, 6.45) is 11.9. The molecular weight excluding hydrogens is 526 g/mol. The summed E-state index contributed by atoms with van der Waals surface area (Å²) in [5, 5.41) is 18.1. The lowest BCUT2D eigenvalue weighted by atomic mass is 10.1. The minimum absolute atomic E-state index is 0.119. The maximum absolute atomic E-state index is 13.5. The van der Waals surface area contributed by atoms with Gasteiger partial charge in [-0.1, -0.05) is 13.0 Å². The van der Waals surface area contributed by atoms with Gasteiger partial charge in [-0.25, -0.2) is 24.7 Å². The van der Waals surface area contributed by atoms with E-state index in [4.69, 9.17) is 14.8 Å². The maximum atomic E-state index is 13.5. The Balaban J connectivity index is 1.34. The quantitative estimate of drug-likeness (QED) is 0.342. The number of nitrogens with zero attached hydrogens (tertiary/aromatic N) is 6. The van der Waals surface area contributed by atoms with Crippen molar-refractivity contribution in [3.63, 3.8) is 0 Å². The zero-order valence-corrected chi connectivity index (χ0v) is 25.2. The fourth-order valence-electron chi connectivity index (χ4n) is 5.49. The van der Waals surface area contributed by atoms with Crippen molar-refractivity contribution in [2.24, 2.45) is 13.0 Å². The van der Waals surface area contributed by atoms with Crippen molar-refractivity contribution >= 4 is 21.8 Å². The molecule has 0 saturated carbocycles. The van der Waals surface area contributed by atoms with Gasteiger partial charge in [0.2, 0.25) is 0 Å². The predicted octanol–water partition coefficient (Wildman–Crippen LogP) is 3.03. The summed E-state index contributed by atoms with van der Waals surface area (Å²) in [6.45, 7) is 4.89. The van der Waals surface area contributed by atoms with E-state index >= 15 is 0 Å². The summed E-state index contributed by atoms with van der Waals surface area (Å²) in [5.41, 5.74) is 4.86. The van der Waals surface area contributed by atoms with Crippen LogP contribution in [0.4, 0.5) is 5.82 Å². The largest absolute Gasteiger partial charge is 0.390 e. The van der Waals surface area contributed by atoms with Gasteiger partial charge < -0.3 is 24.6 Å². The molecule has 2 atom stereocenters. The molecule has 0 aromatic carbocycles. The number of carbonyl (C=O) groups is 1. The number of aliphatic hydroxyl groups excluding tert-OH is 1. The Kier molecular flexibility index (Phi) is 8.53. The standard InChI is InChI=1S/C29H43N7O3S/c1-20-10-11-35(16-20)27-9-6-21(24(17-37)31-27)14-22-15-26(36(33-22)19-39-12-13-40(3,4)5)29(38)32-23-7-8-25-28(23)30-18-34(25)2/h6,9,15,18,20,23,37H,7-8,10-14,16-17,19H2,1-5H3,(H,32,38)/t20?,23-/m1/s1. The van der Waals surface area contributed by atoms with Crippen LogP contribution in [0.3, 0.4) is 0 Å². The average molecular weight is 570 g/mol. The molecule has 3 aromatic rings. The van der Waals surface area contributed by atoms with Crippen molar-refractivity contribution in [2.75, 3.05) is 49.1 Å². The second-order valence-electron chi connectivity index (χ2n) is 12.1. The first-order valence-electron chi connectivity index (χ1n) is 14.1. The summed E-state index contributed by atoms with van der Waals surface area (Å²) in [7, 11) is 1.31. The zero-order valence-electron chi connectivity index (χ0n) is 24.4. The number of fused-ring (bicyclic) bond motifs is 1. The van der Waals surface area contributed by atoms with Crippen molar-refractivity contribution in [1.82, 2.24) is 29.6 Å². The van der Waals surface area contributed by atoms with Crippen LogP contribution < -0.4 is 10.2 Å². The smallest absolute Gasteiger partial charge is 0.270 e. The third-order valence-corrected chi connectivity index (χ3v) is 9.23. The summed E-state index contributed by atoms with van der Waals surface area (Å²) in [5.74, 6) is 2.35. The molecule has 1 aliphatic carbocycles. The Morgan fingerprint density at radius 2 is 2.08 bits per heavy atom. The first-order valence-corrected chi connectivity index (χ1v) is 17.1. The molecule has 0 radical (unpaired) electrons. The van der Waals surface area contributed by atoms with Crippen LogP contribution in [-0.4, -0.2) is 79.5 Å². The number of aryl methyl sites for hydroxylation is 1. The van der Waals surface area contributed by atoms with Crippen LogP contribution in [0, 0.1) is 5.92 Å². The number of carbonyl (C=O) groups excluding carboxylic acids is 1. The highest BCUT2D eigenvalue weighted by Crippen LogP contribution is 2.33. The van der Waals surface area contributed by atoms with Crippen molar-refractivity contribution in [3.05, 3.63) is 58.6 Å². The van der Waals surface area contributed by atoms with Crippen LogP contribution in [-0.2, 0) is 38.0 Å². The first kappa shape index (κ1) is 28.6. The highest BCUT2D eigenvalue weighted by molar-refractivity contribution is 8.32. The number of anilines is 1. The molecule has 0 bridgehead atoms. The van der Waals surface area contributed by atoms with E-state index in [1.54, 1.807) is 11.0 Å². The van der Waals surface area contributed by atoms with Crippen molar-refractivity contribution < 1.29 is 14.6 Å². The van der Waals surface area contributed by atoms with Gasteiger partial charge in [0.1, 0.15) is 18.2 Å². The predicted molar refractivity (Wildman–Crippen MR) is 159 cm³/mol. The van der Waals surface area contributed by atoms with Gasteiger partial charge in [0.05, 0.1) is 42.7 Å². The second kappa shape index (κ2) is 11.9. The van der Waals surface area contributed by atoms with Crippen LogP contribution in [0.5, 0.6) is 0 Å². The maximum Gasteiger partial charge on any atom is 0.270 e.